The first-order valence-corrected chi connectivity index (χ1v) is 3.51. The van der Waals surface area contributed by atoms with Crippen LogP contribution in [0.15, 0.2) is 0 Å². The Labute approximate surface area is 116 Å². The summed E-state index contributed by atoms with van der Waals surface area (Å²) in [5.74, 6) is 0. The van der Waals surface area contributed by atoms with E-state index < -0.39 is 20.1 Å². The minimum absolute atomic E-state index is 0. The van der Waals surface area contributed by atoms with Gasteiger partial charge in [0.25, 0.3) is 0 Å². The van der Waals surface area contributed by atoms with E-state index in [1.807, 2.05) is 0 Å². The van der Waals surface area contributed by atoms with Crippen molar-refractivity contribution in [2.75, 3.05) is 0 Å². The van der Waals surface area contributed by atoms with Gasteiger partial charge < -0.3 is 19.3 Å². The molecule has 8 nitrogen and oxygen atoms in total. The quantitative estimate of drug-likeness (QED) is 0.417. The first-order chi connectivity index (χ1) is 4.83. The average Bonchev–Trinajstić information content (AvgIpc) is 1.53. The van der Waals surface area contributed by atoms with E-state index in [-0.39, 0.29) is 59.1 Å². The average molecular weight is 234 g/mol. The summed E-state index contributed by atoms with van der Waals surface area (Å²) in [6, 6.07) is 0. The summed E-state index contributed by atoms with van der Waals surface area (Å²) in [7, 11) is -5.00. The molecular weight excluding hydrogens is 229 g/mol. The van der Waals surface area contributed by atoms with Gasteiger partial charge in [-0.15, -0.1) is 0 Å². The van der Waals surface area contributed by atoms with Crippen molar-refractivity contribution in [1.29, 1.82) is 0 Å². The molecule has 0 saturated heterocycles. The van der Waals surface area contributed by atoms with Gasteiger partial charge in [0.1, 0.15) is 0 Å². The maximum atomic E-state index is 10.2. The molecule has 0 aromatic rings. The van der Waals surface area contributed by atoms with Gasteiger partial charge in [-0.3, -0.25) is 4.89 Å². The fourth-order valence-electron chi connectivity index (χ4n) is 0.216. The van der Waals surface area contributed by atoms with Crippen molar-refractivity contribution in [3.63, 3.8) is 0 Å². The minimum atomic E-state index is -5.00. The third-order valence-electron chi connectivity index (χ3n) is 0.387. The maximum absolute atomic E-state index is 10.2. The van der Waals surface area contributed by atoms with E-state index in [4.69, 9.17) is 15.1 Å². The molecule has 0 saturated carbocycles. The Balaban J connectivity index is -0.000000500. The molecule has 0 aliphatic carbocycles. The second-order valence-electron chi connectivity index (χ2n) is 1.18. The zero-order chi connectivity index (χ0) is 9.07. The van der Waals surface area contributed by atoms with Gasteiger partial charge in [0, 0.05) is 0 Å². The van der Waals surface area contributed by atoms with Crippen LogP contribution in [0.5, 0.6) is 0 Å². The number of hydrogen-bond acceptors (Lipinski definition) is 5. The van der Waals surface area contributed by atoms with Gasteiger partial charge in [0.15, 0.2) is 0 Å². The Morgan fingerprint density at radius 2 is 1.23 bits per heavy atom. The van der Waals surface area contributed by atoms with E-state index in [0.29, 0.717) is 0 Å². The third-order valence-corrected chi connectivity index (χ3v) is 1.16. The monoisotopic (exact) mass is 234 g/mol. The van der Waals surface area contributed by atoms with Crippen molar-refractivity contribution in [3.05, 3.63) is 0 Å². The number of phosphoric ester groups is 1. The van der Waals surface area contributed by atoms with Crippen LogP contribution in [0.3, 0.4) is 0 Å². The zero-order valence-corrected chi connectivity index (χ0v) is 5.72. The SMILES string of the molecule is O=C(O)OP(=O)(O)OC(=O)O.[NaH].[NaH]. The molecule has 0 aliphatic heterocycles. The van der Waals surface area contributed by atoms with Gasteiger partial charge in [-0.2, -0.15) is 0 Å². The van der Waals surface area contributed by atoms with Crippen molar-refractivity contribution >= 4 is 79.2 Å². The molecule has 11 heteroatoms. The first-order valence-electron chi connectivity index (χ1n) is 2.01. The number of carboxylic acid groups (broad SMARTS) is 2. The van der Waals surface area contributed by atoms with Gasteiger partial charge in [-0.25, -0.2) is 14.2 Å². The molecule has 68 valence electrons. The normalized spacial score (nSPS) is 8.69. The topological polar surface area (TPSA) is 130 Å². The Hall–Kier alpha value is 0.730. The number of phosphoric acid groups is 1. The van der Waals surface area contributed by atoms with Gasteiger partial charge >= 0.3 is 79.2 Å². The molecule has 13 heavy (non-hydrogen) atoms. The molecule has 0 rings (SSSR count). The van der Waals surface area contributed by atoms with E-state index in [2.05, 4.69) is 9.05 Å². The van der Waals surface area contributed by atoms with Crippen LogP contribution >= 0.6 is 7.82 Å². The Morgan fingerprint density at radius 1 is 1.00 bits per heavy atom. The van der Waals surface area contributed by atoms with E-state index in [9.17, 15) is 14.2 Å². The Bertz CT molecular complexity index is 206. The molecule has 0 bridgehead atoms. The molecule has 0 amide bonds. The van der Waals surface area contributed by atoms with Crippen LogP contribution < -0.4 is 0 Å². The summed E-state index contributed by atoms with van der Waals surface area (Å²) in [5.41, 5.74) is 0. The van der Waals surface area contributed by atoms with Gasteiger partial charge in [-0.1, -0.05) is 0 Å². The molecule has 0 aromatic heterocycles. The molecule has 0 atom stereocenters. The van der Waals surface area contributed by atoms with Crippen LogP contribution in [0.25, 0.3) is 0 Å². The van der Waals surface area contributed by atoms with Gasteiger partial charge in [0.2, 0.25) is 0 Å². The number of hydrogen-bond donors (Lipinski definition) is 3. The zero-order valence-electron chi connectivity index (χ0n) is 4.83. The number of rotatable bonds is 2. The first kappa shape index (κ1) is 19.3. The summed E-state index contributed by atoms with van der Waals surface area (Å²) < 4.78 is 16.5. The third kappa shape index (κ3) is 12.7. The van der Waals surface area contributed by atoms with Crippen LogP contribution in [-0.2, 0) is 13.6 Å². The van der Waals surface area contributed by atoms with Gasteiger partial charge in [-0.05, 0) is 0 Å². The van der Waals surface area contributed by atoms with E-state index >= 15 is 0 Å². The van der Waals surface area contributed by atoms with E-state index in [0.717, 1.165) is 0 Å². The van der Waals surface area contributed by atoms with Crippen LogP contribution in [0.2, 0.25) is 0 Å². The molecule has 0 unspecified atom stereocenters. The molecule has 0 aliphatic rings. The standard InChI is InChI=1S/C2H3O8P.2Na.2H/c3-1(4)9-11(7,8)10-2(5)6;;;;/h(H,3,4)(H,5,6)(H,7,8);;;;. The summed E-state index contributed by atoms with van der Waals surface area (Å²) in [5, 5.41) is 15.5. The summed E-state index contributed by atoms with van der Waals surface area (Å²) >= 11 is 0. The predicted molar refractivity (Wildman–Crippen MR) is 42.3 cm³/mol. The van der Waals surface area contributed by atoms with Crippen molar-refractivity contribution in [2.24, 2.45) is 0 Å². The van der Waals surface area contributed by atoms with Crippen molar-refractivity contribution in [3.8, 4) is 0 Å². The Kier molecular flexibility index (Phi) is 12.0. The molecule has 0 heterocycles. The van der Waals surface area contributed by atoms with E-state index in [1.54, 1.807) is 0 Å². The number of carbonyl (C=O) groups is 2. The van der Waals surface area contributed by atoms with Crippen molar-refractivity contribution in [1.82, 2.24) is 0 Å². The summed E-state index contributed by atoms with van der Waals surface area (Å²) in [6.45, 7) is 0. The molecule has 0 spiro atoms. The predicted octanol–water partition coefficient (Wildman–Crippen LogP) is -0.821. The molecule has 3 N–H and O–H groups in total. The molecule has 0 aromatic carbocycles. The molecule has 0 radical (unpaired) electrons. The van der Waals surface area contributed by atoms with Crippen molar-refractivity contribution < 1.29 is 38.3 Å². The molecule has 0 fully saturated rings. The second-order valence-corrected chi connectivity index (χ2v) is 2.49. The van der Waals surface area contributed by atoms with Crippen molar-refractivity contribution in [2.45, 2.75) is 0 Å². The fourth-order valence-corrected chi connectivity index (χ4v) is 0.648. The van der Waals surface area contributed by atoms with Crippen LogP contribution in [0.1, 0.15) is 0 Å². The van der Waals surface area contributed by atoms with Gasteiger partial charge in [0.05, 0.1) is 0 Å². The summed E-state index contributed by atoms with van der Waals surface area (Å²) in [6.07, 6.45) is -4.20. The molecular formula is C2H5Na2O8P. The summed E-state index contributed by atoms with van der Waals surface area (Å²) in [4.78, 5) is 27.3. The Morgan fingerprint density at radius 3 is 1.38 bits per heavy atom. The van der Waals surface area contributed by atoms with Crippen LogP contribution in [0.4, 0.5) is 9.59 Å². The van der Waals surface area contributed by atoms with E-state index in [1.165, 1.54) is 0 Å². The van der Waals surface area contributed by atoms with Crippen LogP contribution in [-0.4, -0.2) is 86.5 Å². The van der Waals surface area contributed by atoms with Crippen LogP contribution in [0, 0.1) is 0 Å². The second kappa shape index (κ2) is 8.07. The fraction of sp³-hybridized carbons (Fsp3) is 0.